The van der Waals surface area contributed by atoms with Crippen molar-refractivity contribution in [3.63, 3.8) is 0 Å². The Morgan fingerprint density at radius 2 is 1.93 bits per heavy atom. The summed E-state index contributed by atoms with van der Waals surface area (Å²) in [6.45, 7) is 3.71. The van der Waals surface area contributed by atoms with Crippen LogP contribution in [0.4, 0.5) is 11.4 Å². The van der Waals surface area contributed by atoms with Crippen LogP contribution >= 0.6 is 0 Å². The summed E-state index contributed by atoms with van der Waals surface area (Å²) in [6.07, 6.45) is 4.39. The lowest BCUT2D eigenvalue weighted by atomic mass is 10.0. The molecule has 2 aliphatic heterocycles. The molecular weight excluding hydrogens is 366 g/mol. The number of amides is 2. The number of ether oxygens (including phenoxy) is 1. The first-order valence-electron chi connectivity index (χ1n) is 10.3. The Kier molecular flexibility index (Phi) is 5.43. The minimum atomic E-state index is -0.190. The second kappa shape index (κ2) is 8.15. The van der Waals surface area contributed by atoms with E-state index in [1.54, 1.807) is 43.5 Å². The minimum absolute atomic E-state index is 0.0821. The van der Waals surface area contributed by atoms with Gasteiger partial charge in [-0.1, -0.05) is 6.42 Å². The van der Waals surface area contributed by atoms with Crippen molar-refractivity contribution in [3.8, 4) is 5.75 Å². The Morgan fingerprint density at radius 1 is 1.14 bits per heavy atom. The summed E-state index contributed by atoms with van der Waals surface area (Å²) in [5.41, 5.74) is 2.80. The van der Waals surface area contributed by atoms with Gasteiger partial charge in [0.15, 0.2) is 0 Å². The number of hydrogen-bond acceptors (Lipinski definition) is 4. The van der Waals surface area contributed by atoms with Gasteiger partial charge in [-0.3, -0.25) is 9.59 Å². The third kappa shape index (κ3) is 3.67. The predicted molar refractivity (Wildman–Crippen MR) is 114 cm³/mol. The number of rotatable bonds is 4. The van der Waals surface area contributed by atoms with Crippen LogP contribution in [0.15, 0.2) is 42.5 Å². The van der Waals surface area contributed by atoms with E-state index >= 15 is 0 Å². The summed E-state index contributed by atoms with van der Waals surface area (Å²) in [5, 5.41) is 2.92. The number of methoxy groups -OCH3 is 1. The topological polar surface area (TPSA) is 61.9 Å². The maximum atomic E-state index is 13.1. The first-order chi connectivity index (χ1) is 14.1. The molecule has 6 heteroatoms. The number of anilines is 2. The van der Waals surface area contributed by atoms with E-state index in [9.17, 15) is 9.59 Å². The van der Waals surface area contributed by atoms with Gasteiger partial charge in [0.2, 0.25) is 0 Å². The molecule has 152 valence electrons. The van der Waals surface area contributed by atoms with Crippen molar-refractivity contribution in [1.29, 1.82) is 0 Å². The van der Waals surface area contributed by atoms with Gasteiger partial charge in [-0.2, -0.15) is 0 Å². The SMILES string of the molecule is CCN1c2cc(C(=O)Nc3ccc(OC)cc3)ccc2C(=O)N2CCCCC[C@H]21. The van der Waals surface area contributed by atoms with Crippen molar-refractivity contribution in [3.05, 3.63) is 53.6 Å². The van der Waals surface area contributed by atoms with E-state index in [1.807, 2.05) is 11.0 Å². The molecule has 0 saturated carbocycles. The van der Waals surface area contributed by atoms with Gasteiger partial charge in [0.05, 0.1) is 18.4 Å². The van der Waals surface area contributed by atoms with Gasteiger partial charge in [0.1, 0.15) is 11.9 Å². The fraction of sp³-hybridized carbons (Fsp3) is 0.391. The van der Waals surface area contributed by atoms with Crippen LogP contribution in [0.1, 0.15) is 53.3 Å². The van der Waals surface area contributed by atoms with Gasteiger partial charge >= 0.3 is 0 Å². The molecule has 4 rings (SSSR count). The number of carbonyl (C=O) groups excluding carboxylic acids is 2. The van der Waals surface area contributed by atoms with Crippen molar-refractivity contribution < 1.29 is 14.3 Å². The molecule has 0 unspecified atom stereocenters. The summed E-state index contributed by atoms with van der Waals surface area (Å²) in [6, 6.07) is 12.6. The van der Waals surface area contributed by atoms with Gasteiger partial charge < -0.3 is 19.9 Å². The number of fused-ring (bicyclic) bond motifs is 2. The van der Waals surface area contributed by atoms with E-state index in [1.165, 1.54) is 0 Å². The zero-order valence-electron chi connectivity index (χ0n) is 17.0. The molecule has 0 radical (unpaired) electrons. The van der Waals surface area contributed by atoms with Gasteiger partial charge in [-0.25, -0.2) is 0 Å². The maximum Gasteiger partial charge on any atom is 0.257 e. The highest BCUT2D eigenvalue weighted by molar-refractivity contribution is 6.08. The highest BCUT2D eigenvalue weighted by atomic mass is 16.5. The maximum absolute atomic E-state index is 13.1. The molecule has 2 aromatic carbocycles. The van der Waals surface area contributed by atoms with Crippen molar-refractivity contribution in [1.82, 2.24) is 4.90 Å². The predicted octanol–water partition coefficient (Wildman–Crippen LogP) is 4.13. The van der Waals surface area contributed by atoms with Crippen molar-refractivity contribution >= 4 is 23.2 Å². The smallest absolute Gasteiger partial charge is 0.257 e. The molecule has 0 aromatic heterocycles. The zero-order chi connectivity index (χ0) is 20.4. The molecule has 1 N–H and O–H groups in total. The summed E-state index contributed by atoms with van der Waals surface area (Å²) in [7, 11) is 1.61. The third-order valence-electron chi connectivity index (χ3n) is 5.83. The largest absolute Gasteiger partial charge is 0.497 e. The van der Waals surface area contributed by atoms with Crippen LogP contribution < -0.4 is 15.0 Å². The monoisotopic (exact) mass is 393 g/mol. The standard InChI is InChI=1S/C23H27N3O3/c1-3-25-20-15-16(22(27)24-17-9-11-18(29-2)12-10-17)8-13-19(20)23(28)26-14-6-4-5-7-21(25)26/h8-13,15,21H,3-7,14H2,1-2H3,(H,24,27)/t21-/m0/s1. The van der Waals surface area contributed by atoms with Crippen LogP contribution in [0.5, 0.6) is 5.75 Å². The first kappa shape index (κ1) is 19.3. The highest BCUT2D eigenvalue weighted by Crippen LogP contribution is 2.35. The molecule has 1 saturated heterocycles. The Hall–Kier alpha value is -3.02. The fourth-order valence-electron chi connectivity index (χ4n) is 4.32. The molecule has 2 heterocycles. The highest BCUT2D eigenvalue weighted by Gasteiger charge is 2.37. The fourth-order valence-corrected chi connectivity index (χ4v) is 4.32. The molecule has 2 aromatic rings. The molecule has 6 nitrogen and oxygen atoms in total. The summed E-state index contributed by atoms with van der Waals surface area (Å²) < 4.78 is 5.15. The first-order valence-corrected chi connectivity index (χ1v) is 10.3. The average molecular weight is 393 g/mol. The van der Waals surface area contributed by atoms with Crippen molar-refractivity contribution in [2.75, 3.05) is 30.4 Å². The van der Waals surface area contributed by atoms with Crippen molar-refractivity contribution in [2.45, 2.75) is 38.8 Å². The molecule has 1 atom stereocenters. The van der Waals surface area contributed by atoms with Crippen LogP contribution in [-0.2, 0) is 0 Å². The number of nitrogens with zero attached hydrogens (tertiary/aromatic N) is 2. The number of carbonyl (C=O) groups is 2. The van der Waals surface area contributed by atoms with E-state index in [2.05, 4.69) is 17.1 Å². The van der Waals surface area contributed by atoms with Gasteiger partial charge in [0, 0.05) is 24.3 Å². The molecule has 0 bridgehead atoms. The lowest BCUT2D eigenvalue weighted by Crippen LogP contribution is -2.55. The number of benzene rings is 2. The molecule has 1 fully saturated rings. The van der Waals surface area contributed by atoms with E-state index < -0.39 is 0 Å². The van der Waals surface area contributed by atoms with Gasteiger partial charge in [-0.05, 0) is 68.7 Å². The van der Waals surface area contributed by atoms with Crippen LogP contribution in [0.2, 0.25) is 0 Å². The number of nitrogens with one attached hydrogen (secondary N) is 1. The summed E-state index contributed by atoms with van der Waals surface area (Å²) in [5.74, 6) is 0.630. The second-order valence-corrected chi connectivity index (χ2v) is 7.53. The Balaban J connectivity index is 1.62. The molecule has 2 aliphatic rings. The Morgan fingerprint density at radius 3 is 2.66 bits per heavy atom. The Bertz CT molecular complexity index is 910. The number of hydrogen-bond donors (Lipinski definition) is 1. The lowest BCUT2D eigenvalue weighted by molar-refractivity contribution is 0.0656. The van der Waals surface area contributed by atoms with Crippen LogP contribution in [0, 0.1) is 0 Å². The normalized spacial score (nSPS) is 18.6. The minimum Gasteiger partial charge on any atom is -0.497 e. The molecule has 0 spiro atoms. The van der Waals surface area contributed by atoms with Crippen LogP contribution in [0.25, 0.3) is 0 Å². The van der Waals surface area contributed by atoms with Crippen molar-refractivity contribution in [2.24, 2.45) is 0 Å². The molecule has 0 aliphatic carbocycles. The van der Waals surface area contributed by atoms with E-state index in [-0.39, 0.29) is 18.0 Å². The van der Waals surface area contributed by atoms with Crippen LogP contribution in [-0.4, -0.2) is 43.1 Å². The average Bonchev–Trinajstić information content (AvgIpc) is 3.01. The van der Waals surface area contributed by atoms with E-state index in [0.717, 1.165) is 50.2 Å². The Labute approximate surface area is 171 Å². The zero-order valence-corrected chi connectivity index (χ0v) is 17.0. The van der Waals surface area contributed by atoms with Gasteiger partial charge in [0.25, 0.3) is 11.8 Å². The van der Waals surface area contributed by atoms with Gasteiger partial charge in [-0.15, -0.1) is 0 Å². The quantitative estimate of drug-likeness (QED) is 0.848. The second-order valence-electron chi connectivity index (χ2n) is 7.53. The van der Waals surface area contributed by atoms with E-state index in [4.69, 9.17) is 4.74 Å². The molecule has 2 amide bonds. The summed E-state index contributed by atoms with van der Waals surface area (Å²) in [4.78, 5) is 30.2. The van der Waals surface area contributed by atoms with Crippen LogP contribution in [0.3, 0.4) is 0 Å². The lowest BCUT2D eigenvalue weighted by Gasteiger charge is -2.44. The molecular formula is C23H27N3O3. The van der Waals surface area contributed by atoms with E-state index in [0.29, 0.717) is 16.8 Å². The molecule has 29 heavy (non-hydrogen) atoms. The summed E-state index contributed by atoms with van der Waals surface area (Å²) >= 11 is 0. The third-order valence-corrected chi connectivity index (χ3v) is 5.83.